The normalized spacial score (nSPS) is 10.1. The summed E-state index contributed by atoms with van der Waals surface area (Å²) in [5.41, 5.74) is 8.06. The number of aromatic nitrogens is 2. The summed E-state index contributed by atoms with van der Waals surface area (Å²) in [4.78, 5) is 18.6. The number of benzene rings is 1. The molecule has 7 heteroatoms. The van der Waals surface area contributed by atoms with Crippen molar-refractivity contribution in [2.75, 3.05) is 18.1 Å². The zero-order valence-electron chi connectivity index (χ0n) is 9.80. The van der Waals surface area contributed by atoms with Gasteiger partial charge in [0, 0.05) is 5.69 Å². The fraction of sp³-hybridized carbons (Fsp3) is 0.273. The number of carbonyl (C=O) groups excluding carboxylic acids is 1. The van der Waals surface area contributed by atoms with E-state index in [1.54, 1.807) is 13.0 Å². The Kier molecular flexibility index (Phi) is 5.30. The fourth-order valence-corrected chi connectivity index (χ4v) is 2.09. The quantitative estimate of drug-likeness (QED) is 0.512. The molecule has 0 saturated heterocycles. The summed E-state index contributed by atoms with van der Waals surface area (Å²) in [5, 5.41) is 0.693. The third-order valence-corrected chi connectivity index (χ3v) is 2.96. The highest BCUT2D eigenvalue weighted by Crippen LogP contribution is 2.21. The summed E-state index contributed by atoms with van der Waals surface area (Å²) in [6.45, 7) is 2.18. The first-order chi connectivity index (χ1) is 8.19. The molecule has 0 spiro atoms. The summed E-state index contributed by atoms with van der Waals surface area (Å²) in [6.07, 6.45) is 0. The first-order valence-electron chi connectivity index (χ1n) is 5.22. The molecule has 3 N–H and O–H groups in total. The van der Waals surface area contributed by atoms with Gasteiger partial charge in [0.1, 0.15) is 0 Å². The second-order valence-electron chi connectivity index (χ2n) is 3.41. The molecule has 5 nitrogen and oxygen atoms in total. The average molecular weight is 288 g/mol. The van der Waals surface area contributed by atoms with Gasteiger partial charge in [0.05, 0.1) is 23.4 Å². The minimum absolute atomic E-state index is 0. The molecule has 0 aliphatic carbocycles. The number of carbonyl (C=O) groups is 1. The highest BCUT2D eigenvalue weighted by atomic mass is 35.5. The molecule has 1 heterocycles. The van der Waals surface area contributed by atoms with Gasteiger partial charge in [-0.25, -0.2) is 4.98 Å². The Bertz CT molecular complexity index is 544. The zero-order chi connectivity index (χ0) is 12.3. The van der Waals surface area contributed by atoms with Gasteiger partial charge in [0.25, 0.3) is 0 Å². The third-order valence-electron chi connectivity index (χ3n) is 2.12. The lowest BCUT2D eigenvalue weighted by Gasteiger charge is -1.98. The van der Waals surface area contributed by atoms with Gasteiger partial charge < -0.3 is 15.5 Å². The number of halogens is 1. The molecule has 2 aromatic rings. The van der Waals surface area contributed by atoms with Gasteiger partial charge in [-0.05, 0) is 25.1 Å². The number of nitrogens with zero attached hydrogens (tertiary/aromatic N) is 1. The predicted octanol–water partition coefficient (Wildman–Crippen LogP) is 2.22. The van der Waals surface area contributed by atoms with E-state index in [-0.39, 0.29) is 24.1 Å². The molecule has 0 aliphatic heterocycles. The molecule has 98 valence electrons. The second kappa shape index (κ2) is 6.51. The summed E-state index contributed by atoms with van der Waals surface area (Å²) in [7, 11) is 0. The van der Waals surface area contributed by atoms with Gasteiger partial charge in [0.15, 0.2) is 5.16 Å². The van der Waals surface area contributed by atoms with Crippen molar-refractivity contribution in [1.82, 2.24) is 9.97 Å². The Balaban J connectivity index is 0.00000162. The lowest BCUT2D eigenvalue weighted by Crippen LogP contribution is -2.06. The SMILES string of the molecule is CCOC(=O)CSc1nc2ccc(N)cc2[nH]1.Cl. The van der Waals surface area contributed by atoms with Crippen LogP contribution in [0.1, 0.15) is 6.92 Å². The molecule has 2 rings (SSSR count). The molecular formula is C11H14ClN3O2S. The first-order valence-corrected chi connectivity index (χ1v) is 6.21. The number of anilines is 1. The number of H-pyrrole nitrogens is 1. The van der Waals surface area contributed by atoms with Crippen molar-refractivity contribution in [3.8, 4) is 0 Å². The maximum absolute atomic E-state index is 11.2. The fourth-order valence-electron chi connectivity index (χ4n) is 1.40. The lowest BCUT2D eigenvalue weighted by atomic mass is 10.3. The molecule has 1 aromatic heterocycles. The highest BCUT2D eigenvalue weighted by molar-refractivity contribution is 7.99. The molecule has 0 atom stereocenters. The van der Waals surface area contributed by atoms with Crippen molar-refractivity contribution < 1.29 is 9.53 Å². The van der Waals surface area contributed by atoms with Crippen LogP contribution >= 0.6 is 24.2 Å². The summed E-state index contributed by atoms with van der Waals surface area (Å²) < 4.78 is 4.84. The smallest absolute Gasteiger partial charge is 0.316 e. The highest BCUT2D eigenvalue weighted by Gasteiger charge is 2.07. The van der Waals surface area contributed by atoms with Gasteiger partial charge in [-0.15, -0.1) is 12.4 Å². The van der Waals surface area contributed by atoms with E-state index in [2.05, 4.69) is 9.97 Å². The van der Waals surface area contributed by atoms with Gasteiger partial charge in [0.2, 0.25) is 0 Å². The number of nitrogen functional groups attached to an aromatic ring is 1. The Morgan fingerprint density at radius 1 is 1.56 bits per heavy atom. The van der Waals surface area contributed by atoms with Crippen LogP contribution < -0.4 is 5.73 Å². The number of thioether (sulfide) groups is 1. The number of esters is 1. The molecule has 1 aromatic carbocycles. The standard InChI is InChI=1S/C11H13N3O2S.ClH/c1-2-16-10(15)6-17-11-13-8-4-3-7(12)5-9(8)14-11;/h3-5H,2,6,12H2,1H3,(H,13,14);1H. The zero-order valence-corrected chi connectivity index (χ0v) is 11.4. The van der Waals surface area contributed by atoms with Crippen molar-refractivity contribution in [3.63, 3.8) is 0 Å². The Hall–Kier alpha value is -1.40. The molecule has 0 saturated carbocycles. The number of nitrogens with two attached hydrogens (primary N) is 1. The summed E-state index contributed by atoms with van der Waals surface area (Å²) in [6, 6.07) is 5.45. The number of rotatable bonds is 4. The van der Waals surface area contributed by atoms with E-state index >= 15 is 0 Å². The number of fused-ring (bicyclic) bond motifs is 1. The molecule has 0 amide bonds. The van der Waals surface area contributed by atoms with E-state index in [0.717, 1.165) is 11.0 Å². The van der Waals surface area contributed by atoms with E-state index in [4.69, 9.17) is 10.5 Å². The minimum atomic E-state index is -0.238. The average Bonchev–Trinajstić information content (AvgIpc) is 2.68. The van der Waals surface area contributed by atoms with Crippen molar-refractivity contribution >= 4 is 46.9 Å². The van der Waals surface area contributed by atoms with Crippen LogP contribution in [-0.2, 0) is 9.53 Å². The number of nitrogens with one attached hydrogen (secondary N) is 1. The van der Waals surface area contributed by atoms with E-state index in [1.807, 2.05) is 12.1 Å². The van der Waals surface area contributed by atoms with Gasteiger partial charge in [-0.3, -0.25) is 4.79 Å². The Morgan fingerprint density at radius 2 is 2.33 bits per heavy atom. The summed E-state index contributed by atoms with van der Waals surface area (Å²) >= 11 is 1.32. The van der Waals surface area contributed by atoms with E-state index < -0.39 is 0 Å². The van der Waals surface area contributed by atoms with Crippen molar-refractivity contribution in [1.29, 1.82) is 0 Å². The summed E-state index contributed by atoms with van der Waals surface area (Å²) in [5.74, 6) is 0.0147. The lowest BCUT2D eigenvalue weighted by molar-refractivity contribution is -0.139. The Morgan fingerprint density at radius 3 is 3.06 bits per heavy atom. The number of hydrogen-bond donors (Lipinski definition) is 2. The van der Waals surface area contributed by atoms with Crippen LogP contribution in [0.2, 0.25) is 0 Å². The monoisotopic (exact) mass is 287 g/mol. The van der Waals surface area contributed by atoms with Crippen molar-refractivity contribution in [2.45, 2.75) is 12.1 Å². The molecule has 0 radical (unpaired) electrons. The third kappa shape index (κ3) is 3.54. The van der Waals surface area contributed by atoms with Gasteiger partial charge >= 0.3 is 5.97 Å². The minimum Gasteiger partial charge on any atom is -0.465 e. The number of imidazole rings is 1. The van der Waals surface area contributed by atoms with E-state index in [0.29, 0.717) is 17.5 Å². The molecule has 0 unspecified atom stereocenters. The molecular weight excluding hydrogens is 274 g/mol. The Labute approximate surface area is 115 Å². The molecule has 18 heavy (non-hydrogen) atoms. The van der Waals surface area contributed by atoms with Crippen LogP contribution in [0.25, 0.3) is 11.0 Å². The van der Waals surface area contributed by atoms with Crippen molar-refractivity contribution in [2.24, 2.45) is 0 Å². The molecule has 0 aliphatic rings. The van der Waals surface area contributed by atoms with E-state index in [9.17, 15) is 4.79 Å². The van der Waals surface area contributed by atoms with Crippen molar-refractivity contribution in [3.05, 3.63) is 18.2 Å². The molecule has 0 fully saturated rings. The van der Waals surface area contributed by atoms with Crippen LogP contribution in [0, 0.1) is 0 Å². The number of aromatic amines is 1. The largest absolute Gasteiger partial charge is 0.465 e. The van der Waals surface area contributed by atoms with Crippen LogP contribution in [0.3, 0.4) is 0 Å². The maximum Gasteiger partial charge on any atom is 0.316 e. The first kappa shape index (κ1) is 14.7. The van der Waals surface area contributed by atoms with Gasteiger partial charge in [-0.1, -0.05) is 11.8 Å². The topological polar surface area (TPSA) is 81.0 Å². The maximum atomic E-state index is 11.2. The van der Waals surface area contributed by atoms with Crippen LogP contribution in [-0.4, -0.2) is 28.3 Å². The van der Waals surface area contributed by atoms with Crippen LogP contribution in [0.5, 0.6) is 0 Å². The predicted molar refractivity (Wildman–Crippen MR) is 75.1 cm³/mol. The molecule has 0 bridgehead atoms. The second-order valence-corrected chi connectivity index (χ2v) is 4.38. The van der Waals surface area contributed by atoms with Crippen LogP contribution in [0.15, 0.2) is 23.4 Å². The number of ether oxygens (including phenoxy) is 1. The van der Waals surface area contributed by atoms with E-state index in [1.165, 1.54) is 11.8 Å². The number of hydrogen-bond acceptors (Lipinski definition) is 5. The van der Waals surface area contributed by atoms with Crippen LogP contribution in [0.4, 0.5) is 5.69 Å². The van der Waals surface area contributed by atoms with Gasteiger partial charge in [-0.2, -0.15) is 0 Å².